The molecule has 0 saturated carbocycles. The molecule has 8 rings (SSSR count). The molecule has 0 saturated heterocycles. The van der Waals surface area contributed by atoms with E-state index in [4.69, 9.17) is 85.0 Å². The van der Waals surface area contributed by atoms with Gasteiger partial charge in [0.1, 0.15) is 56.6 Å². The highest BCUT2D eigenvalue weighted by molar-refractivity contribution is 6.74. The van der Waals surface area contributed by atoms with Gasteiger partial charge in [0, 0.05) is 54.5 Å². The lowest BCUT2D eigenvalue weighted by atomic mass is 9.82. The fourth-order valence-electron chi connectivity index (χ4n) is 13.2. The minimum absolute atomic E-state index is 0.00935. The number of esters is 3. The monoisotopic (exact) mass is 1530 g/mol. The van der Waals surface area contributed by atoms with Crippen molar-refractivity contribution in [2.75, 3.05) is 122 Å². The van der Waals surface area contributed by atoms with Gasteiger partial charge in [-0.2, -0.15) is 0 Å². The van der Waals surface area contributed by atoms with E-state index in [0.717, 1.165) is 22.3 Å². The van der Waals surface area contributed by atoms with E-state index < -0.39 is 93.4 Å². The third kappa shape index (κ3) is 19.6. The van der Waals surface area contributed by atoms with Crippen molar-refractivity contribution in [2.45, 2.75) is 149 Å². The Balaban J connectivity index is 0.000000302. The van der Waals surface area contributed by atoms with Crippen molar-refractivity contribution in [1.82, 2.24) is 20.4 Å². The fraction of sp³-hybridized carbons (Fsp3) is 0.526. The summed E-state index contributed by atoms with van der Waals surface area (Å²) in [4.78, 5) is 71.6. The first-order chi connectivity index (χ1) is 51.7. The Labute approximate surface area is 633 Å². The van der Waals surface area contributed by atoms with Gasteiger partial charge in [-0.1, -0.05) is 83.5 Å². The predicted molar refractivity (Wildman–Crippen MR) is 400 cm³/mol. The maximum absolute atomic E-state index is 14.3. The molecule has 4 aromatic carbocycles. The summed E-state index contributed by atoms with van der Waals surface area (Å²) in [5.41, 5.74) is 6.10. The van der Waals surface area contributed by atoms with Gasteiger partial charge in [0.25, 0.3) is 0 Å². The summed E-state index contributed by atoms with van der Waals surface area (Å²) in [6.07, 6.45) is 5.06. The van der Waals surface area contributed by atoms with Crippen molar-refractivity contribution < 1.29 is 119 Å². The van der Waals surface area contributed by atoms with Crippen molar-refractivity contribution in [1.29, 1.82) is 0 Å². The highest BCUT2D eigenvalue weighted by Gasteiger charge is 2.51. The van der Waals surface area contributed by atoms with E-state index in [1.54, 1.807) is 52.2 Å². The lowest BCUT2D eigenvalue weighted by molar-refractivity contribution is -0.147. The molecule has 0 aliphatic carbocycles. The number of hydrogen-bond donors (Lipinski definition) is 4. The van der Waals surface area contributed by atoms with E-state index in [1.165, 1.54) is 50.2 Å². The molecule has 0 unspecified atom stereocenters. The topological polar surface area (TPSA) is 322 Å². The predicted octanol–water partition coefficient (Wildman–Crippen LogP) is 10.5. The van der Waals surface area contributed by atoms with E-state index in [2.05, 4.69) is 70.8 Å². The van der Waals surface area contributed by atoms with Crippen LogP contribution in [0.4, 0.5) is 9.59 Å². The molecule has 0 aromatic heterocycles. The molecule has 0 bridgehead atoms. The number of nitrogens with zero attached hydrogens (tertiary/aromatic N) is 2. The van der Waals surface area contributed by atoms with Crippen molar-refractivity contribution in [3.63, 3.8) is 0 Å². The van der Waals surface area contributed by atoms with Gasteiger partial charge in [0.2, 0.25) is 13.6 Å². The van der Waals surface area contributed by atoms with Crippen LogP contribution >= 0.6 is 0 Å². The molecule has 4 aliphatic heterocycles. The second-order valence-corrected chi connectivity index (χ2v) is 32.0. The molecule has 8 atom stereocenters. The average Bonchev–Trinajstić information content (AvgIpc) is 0.877. The lowest BCUT2D eigenvalue weighted by Gasteiger charge is -2.47. The molecule has 0 radical (unpaired) electrons. The van der Waals surface area contributed by atoms with E-state index in [-0.39, 0.29) is 110 Å². The number of aliphatic hydroxyl groups excluding tert-OH is 2. The quantitative estimate of drug-likeness (QED) is 0.0107. The van der Waals surface area contributed by atoms with Crippen LogP contribution in [0.3, 0.4) is 0 Å². The van der Waals surface area contributed by atoms with Crippen molar-refractivity contribution in [3.8, 4) is 57.5 Å². The SMILES string of the molecule is C=CCOC(=O)N1[C@H](CO)Cc2cc(C)c(OC)c(OCC=C)c2[C@@H]1[C@H](CO[Si](C)(C)C(C)(C)C)N[C@@H](C(=O)OCC)c1cc(OCOC)c(C)c2c1OCO2.C=CCOC(=O)N1[C@H](COC(C)=O)Cc2cc(C)c(OC)c(OCC=C)c2[C@@H]1[C@H](CO)N[C@@H](C(=O)OCC)c1cc(OCOC)c(C)c2c1OCO2. The first-order valence-corrected chi connectivity index (χ1v) is 38.5. The number of aliphatic hydroxyl groups is 2. The van der Waals surface area contributed by atoms with Crippen molar-refractivity contribution in [2.24, 2.45) is 0 Å². The minimum Gasteiger partial charge on any atom is -0.493 e. The third-order valence-electron chi connectivity index (χ3n) is 19.1. The highest BCUT2D eigenvalue weighted by atomic mass is 28.4. The first-order valence-electron chi connectivity index (χ1n) is 35.6. The van der Waals surface area contributed by atoms with Crippen molar-refractivity contribution >= 4 is 38.4 Å². The molecule has 29 nitrogen and oxygen atoms in total. The molecular formula is C78H108N4O25Si. The number of ether oxygens (including phenoxy) is 17. The smallest absolute Gasteiger partial charge is 0.411 e. The number of methoxy groups -OCH3 is 4. The second kappa shape index (κ2) is 39.7. The number of aryl methyl sites for hydroxylation is 2. The van der Waals surface area contributed by atoms with Gasteiger partial charge in [0.15, 0.2) is 67.9 Å². The Morgan fingerprint density at radius 2 is 1.00 bits per heavy atom. The van der Waals surface area contributed by atoms with Gasteiger partial charge in [0.05, 0.1) is 83.5 Å². The molecule has 30 heteroatoms. The van der Waals surface area contributed by atoms with E-state index in [1.807, 2.05) is 32.9 Å². The highest BCUT2D eigenvalue weighted by Crippen LogP contribution is 2.53. The van der Waals surface area contributed by atoms with Gasteiger partial charge < -0.3 is 95.2 Å². The number of carbonyl (C=O) groups is 5. The number of hydrogen-bond acceptors (Lipinski definition) is 27. The number of nitrogens with one attached hydrogen (secondary N) is 2. The molecular weight excluding hydrogens is 1420 g/mol. The third-order valence-corrected chi connectivity index (χ3v) is 23.6. The molecule has 4 aromatic rings. The average molecular weight is 1530 g/mol. The minimum atomic E-state index is -2.50. The first kappa shape index (κ1) is 86.0. The Bertz CT molecular complexity index is 3840. The largest absolute Gasteiger partial charge is 0.493 e. The summed E-state index contributed by atoms with van der Waals surface area (Å²) in [5, 5.41) is 28.9. The number of fused-ring (bicyclic) bond motifs is 4. The standard InChI is InChI=1S/C41H60N2O12Si.C37H48N2O13/c1-13-16-50-38-32-27(18-25(4)35(38)48-10)19-28(21-44)43(40(46)51-17-14-2)34(32)30(22-55-56(11,12)41(6,7)8)42-33(39(45)49-15-3)29-20-31(52-23-47-9)26(5)36-37(29)54-24-53-36;1-9-12-47-35-29-24(14-21(4)32(35)45-8)15-25(18-49-23(6)41)39(37(43)48-13-10-2)31(29)27(17-40)38-30(36(42)46-11-3)26-16-28(50-19-44-7)22(5)33-34(26)52-20-51-33/h13-14,18,20,28,30,33-34,42,44H,1-2,15-17,19,21-24H2,3-12H3;9-10,14,16,25,27,30-31,38,40H,1-2,11-13,15,17-20H2,3-8H3/t28-,30-,33+,34-;25-,27-,30+,31-/m00/s1. The molecule has 4 N–H and O–H groups in total. The Kier molecular flexibility index (Phi) is 31.6. The van der Waals surface area contributed by atoms with Crippen molar-refractivity contribution in [3.05, 3.63) is 131 Å². The number of rotatable bonds is 37. The maximum Gasteiger partial charge on any atom is 0.411 e. The fourth-order valence-corrected chi connectivity index (χ4v) is 14.3. The summed E-state index contributed by atoms with van der Waals surface area (Å²) in [7, 11) is 3.53. The maximum atomic E-state index is 14.3. The van der Waals surface area contributed by atoms with E-state index in [9.17, 15) is 34.2 Å². The summed E-state index contributed by atoms with van der Waals surface area (Å²) in [6, 6.07) is -0.936. The number of carbonyl (C=O) groups excluding carboxylic acids is 5. The molecule has 108 heavy (non-hydrogen) atoms. The van der Waals surface area contributed by atoms with Crippen LogP contribution < -0.4 is 58.0 Å². The second-order valence-electron chi connectivity index (χ2n) is 27.2. The van der Waals surface area contributed by atoms with E-state index in [0.29, 0.717) is 85.1 Å². The van der Waals surface area contributed by atoms with Gasteiger partial charge in [-0.15, -0.1) is 0 Å². The van der Waals surface area contributed by atoms with E-state index >= 15 is 0 Å². The summed E-state index contributed by atoms with van der Waals surface area (Å²) < 4.78 is 105. The molecule has 4 aliphatic rings. The molecule has 0 spiro atoms. The Morgan fingerprint density at radius 3 is 1.39 bits per heavy atom. The van der Waals surface area contributed by atoms with Crippen LogP contribution in [-0.2, 0) is 64.8 Å². The lowest BCUT2D eigenvalue weighted by Crippen LogP contribution is -2.58. The van der Waals surface area contributed by atoms with Gasteiger partial charge in [-0.3, -0.25) is 25.2 Å². The van der Waals surface area contributed by atoms with Gasteiger partial charge >= 0.3 is 30.1 Å². The normalized spacial score (nSPS) is 17.2. The summed E-state index contributed by atoms with van der Waals surface area (Å²) >= 11 is 0. The van der Waals surface area contributed by atoms with Crippen LogP contribution in [-0.4, -0.2) is 204 Å². The van der Waals surface area contributed by atoms with Crippen LogP contribution in [0.25, 0.3) is 0 Å². The van der Waals surface area contributed by atoms with Crippen LogP contribution in [0.1, 0.15) is 121 Å². The van der Waals surface area contributed by atoms with Crippen LogP contribution in [0.15, 0.2) is 74.9 Å². The van der Waals surface area contributed by atoms with Crippen LogP contribution in [0.5, 0.6) is 57.5 Å². The molecule has 594 valence electrons. The Hall–Kier alpha value is -9.27. The van der Waals surface area contributed by atoms with Gasteiger partial charge in [-0.05, 0) is 107 Å². The molecule has 4 heterocycles. The number of amides is 2. The zero-order valence-electron chi connectivity index (χ0n) is 65.1. The van der Waals surface area contributed by atoms with Gasteiger partial charge in [-0.25, -0.2) is 19.2 Å². The molecule has 2 amide bonds. The summed E-state index contributed by atoms with van der Waals surface area (Å²) in [6.45, 7) is 36.2. The zero-order valence-corrected chi connectivity index (χ0v) is 66.1. The molecule has 0 fully saturated rings. The Morgan fingerprint density at radius 1 is 0.583 bits per heavy atom. The summed E-state index contributed by atoms with van der Waals surface area (Å²) in [5.74, 6) is 1.82. The number of benzene rings is 4. The zero-order chi connectivity index (χ0) is 79.3. The van der Waals surface area contributed by atoms with Crippen LogP contribution in [0.2, 0.25) is 18.1 Å². The van der Waals surface area contributed by atoms with Crippen LogP contribution in [0, 0.1) is 27.7 Å².